The first-order valence-corrected chi connectivity index (χ1v) is 5.15. The van der Waals surface area contributed by atoms with Gasteiger partial charge >= 0.3 is 5.97 Å². The molecule has 0 spiro atoms. The summed E-state index contributed by atoms with van der Waals surface area (Å²) in [6.07, 6.45) is 1.54. The number of carboxylic acid groups (broad SMARTS) is 1. The average molecular weight is 232 g/mol. The molecule has 1 atom stereocenters. The molecule has 2 aromatic rings. The van der Waals surface area contributed by atoms with E-state index in [1.165, 1.54) is 10.7 Å². The van der Waals surface area contributed by atoms with Gasteiger partial charge in [0.2, 0.25) is 0 Å². The van der Waals surface area contributed by atoms with Crippen molar-refractivity contribution >= 4 is 5.97 Å². The summed E-state index contributed by atoms with van der Waals surface area (Å²) in [7, 11) is 0. The highest BCUT2D eigenvalue weighted by atomic mass is 16.4. The first kappa shape index (κ1) is 11.2. The predicted octanol–water partition coefficient (Wildman–Crippen LogP) is 1.77. The monoisotopic (exact) mass is 232 g/mol. The number of phenolic OH excluding ortho intramolecular Hbond substituents is 1. The Morgan fingerprint density at radius 3 is 2.82 bits per heavy atom. The molecule has 0 aliphatic carbocycles. The number of carboxylic acids is 1. The summed E-state index contributed by atoms with van der Waals surface area (Å²) in [6, 6.07) is 8.17. The number of hydrogen-bond donors (Lipinski definition) is 2. The lowest BCUT2D eigenvalue weighted by atomic mass is 10.1. The molecule has 1 unspecified atom stereocenters. The van der Waals surface area contributed by atoms with Crippen LogP contribution in [0.2, 0.25) is 0 Å². The number of aromatic nitrogens is 2. The lowest BCUT2D eigenvalue weighted by molar-refractivity contribution is -0.138. The predicted molar refractivity (Wildman–Crippen MR) is 61.3 cm³/mol. The van der Waals surface area contributed by atoms with Crippen LogP contribution in [0.5, 0.6) is 5.75 Å². The van der Waals surface area contributed by atoms with Gasteiger partial charge in [-0.25, -0.2) is 4.68 Å². The Kier molecular flexibility index (Phi) is 2.82. The zero-order chi connectivity index (χ0) is 12.4. The minimum Gasteiger partial charge on any atom is -0.508 e. The van der Waals surface area contributed by atoms with Crippen molar-refractivity contribution in [3.8, 4) is 11.4 Å². The van der Waals surface area contributed by atoms with E-state index >= 15 is 0 Å². The van der Waals surface area contributed by atoms with Crippen LogP contribution in [0.25, 0.3) is 5.69 Å². The smallest absolute Gasteiger partial charge is 0.312 e. The van der Waals surface area contributed by atoms with Gasteiger partial charge in [-0.3, -0.25) is 4.79 Å². The molecular formula is C12H12N2O3. The summed E-state index contributed by atoms with van der Waals surface area (Å²) in [5.74, 6) is -1.45. The van der Waals surface area contributed by atoms with Crippen molar-refractivity contribution in [2.45, 2.75) is 12.8 Å². The van der Waals surface area contributed by atoms with Crippen molar-refractivity contribution in [2.75, 3.05) is 0 Å². The Morgan fingerprint density at radius 2 is 2.18 bits per heavy atom. The molecule has 2 N–H and O–H groups in total. The van der Waals surface area contributed by atoms with Gasteiger partial charge in [0.1, 0.15) is 5.75 Å². The number of aliphatic carboxylic acids is 1. The second-order valence-electron chi connectivity index (χ2n) is 3.75. The molecule has 2 rings (SSSR count). The van der Waals surface area contributed by atoms with Crippen LogP contribution in [0.4, 0.5) is 0 Å². The largest absolute Gasteiger partial charge is 0.508 e. The van der Waals surface area contributed by atoms with E-state index in [-0.39, 0.29) is 5.75 Å². The second-order valence-corrected chi connectivity index (χ2v) is 3.75. The van der Waals surface area contributed by atoms with Crippen LogP contribution in [-0.4, -0.2) is 26.0 Å². The van der Waals surface area contributed by atoms with E-state index in [4.69, 9.17) is 5.11 Å². The maximum atomic E-state index is 11.0. The molecule has 0 saturated heterocycles. The van der Waals surface area contributed by atoms with Crippen LogP contribution in [0.3, 0.4) is 0 Å². The highest BCUT2D eigenvalue weighted by molar-refractivity contribution is 5.75. The van der Waals surface area contributed by atoms with E-state index in [0.717, 1.165) is 0 Å². The first-order chi connectivity index (χ1) is 8.09. The molecule has 1 heterocycles. The molecule has 1 aromatic heterocycles. The van der Waals surface area contributed by atoms with Crippen molar-refractivity contribution < 1.29 is 15.0 Å². The Bertz CT molecular complexity index is 548. The fourth-order valence-corrected chi connectivity index (χ4v) is 1.61. The lowest BCUT2D eigenvalue weighted by Gasteiger charge is -2.10. The van der Waals surface area contributed by atoms with Gasteiger partial charge in [-0.05, 0) is 25.1 Å². The molecule has 88 valence electrons. The minimum absolute atomic E-state index is 0.118. The maximum absolute atomic E-state index is 11.0. The van der Waals surface area contributed by atoms with Crippen LogP contribution < -0.4 is 0 Å². The van der Waals surface area contributed by atoms with Crippen molar-refractivity contribution in [3.63, 3.8) is 0 Å². The topological polar surface area (TPSA) is 75.3 Å². The number of aromatic hydroxyl groups is 1. The summed E-state index contributed by atoms with van der Waals surface area (Å²) in [4.78, 5) is 11.0. The molecule has 5 nitrogen and oxygen atoms in total. The van der Waals surface area contributed by atoms with Gasteiger partial charge in [0.25, 0.3) is 0 Å². The highest BCUT2D eigenvalue weighted by Crippen LogP contribution is 2.21. The number of carbonyl (C=O) groups is 1. The number of benzene rings is 1. The fourth-order valence-electron chi connectivity index (χ4n) is 1.61. The molecule has 0 bridgehead atoms. The third kappa shape index (κ3) is 2.13. The molecular weight excluding hydrogens is 220 g/mol. The van der Waals surface area contributed by atoms with Crippen LogP contribution in [0.1, 0.15) is 18.5 Å². The number of nitrogens with zero attached hydrogens (tertiary/aromatic N) is 2. The highest BCUT2D eigenvalue weighted by Gasteiger charge is 2.18. The van der Waals surface area contributed by atoms with E-state index in [2.05, 4.69) is 5.10 Å². The zero-order valence-corrected chi connectivity index (χ0v) is 9.24. The molecule has 0 saturated carbocycles. The SMILES string of the molecule is CC(C(=O)O)c1ccnn1-c1cccc(O)c1. The molecule has 0 aliphatic heterocycles. The normalized spacial score (nSPS) is 12.3. The minimum atomic E-state index is -0.910. The average Bonchev–Trinajstić information content (AvgIpc) is 2.76. The van der Waals surface area contributed by atoms with Gasteiger partial charge in [0.05, 0.1) is 17.3 Å². The fraction of sp³-hybridized carbons (Fsp3) is 0.167. The Morgan fingerprint density at radius 1 is 1.41 bits per heavy atom. The van der Waals surface area contributed by atoms with E-state index in [9.17, 15) is 9.90 Å². The van der Waals surface area contributed by atoms with Crippen molar-refractivity contribution in [2.24, 2.45) is 0 Å². The van der Waals surface area contributed by atoms with E-state index in [1.807, 2.05) is 0 Å². The molecule has 5 heteroatoms. The standard InChI is InChI=1S/C12H12N2O3/c1-8(12(16)17)11-5-6-13-14(11)9-3-2-4-10(15)7-9/h2-8,15H,1H3,(H,16,17). The van der Waals surface area contributed by atoms with Crippen molar-refractivity contribution in [1.82, 2.24) is 9.78 Å². The second kappa shape index (κ2) is 4.29. The number of rotatable bonds is 3. The van der Waals surface area contributed by atoms with Crippen molar-refractivity contribution in [1.29, 1.82) is 0 Å². The third-order valence-corrected chi connectivity index (χ3v) is 2.56. The first-order valence-electron chi connectivity index (χ1n) is 5.15. The quantitative estimate of drug-likeness (QED) is 0.845. The summed E-state index contributed by atoms with van der Waals surface area (Å²) in [6.45, 7) is 1.60. The zero-order valence-electron chi connectivity index (χ0n) is 9.24. The van der Waals surface area contributed by atoms with Crippen LogP contribution in [-0.2, 0) is 4.79 Å². The molecule has 0 fully saturated rings. The van der Waals surface area contributed by atoms with Gasteiger partial charge < -0.3 is 10.2 Å². The van der Waals surface area contributed by atoms with Gasteiger partial charge in [-0.1, -0.05) is 6.07 Å². The van der Waals surface area contributed by atoms with E-state index < -0.39 is 11.9 Å². The van der Waals surface area contributed by atoms with E-state index in [1.54, 1.807) is 37.4 Å². The Hall–Kier alpha value is -2.30. The lowest BCUT2D eigenvalue weighted by Crippen LogP contribution is -2.12. The summed E-state index contributed by atoms with van der Waals surface area (Å²) in [5, 5.41) is 22.5. The van der Waals surface area contributed by atoms with Crippen molar-refractivity contribution in [3.05, 3.63) is 42.2 Å². The number of phenols is 1. The van der Waals surface area contributed by atoms with Crippen LogP contribution in [0.15, 0.2) is 36.5 Å². The van der Waals surface area contributed by atoms with Crippen LogP contribution in [0, 0.1) is 0 Å². The number of hydrogen-bond acceptors (Lipinski definition) is 3. The third-order valence-electron chi connectivity index (χ3n) is 2.56. The van der Waals surface area contributed by atoms with Gasteiger partial charge in [-0.15, -0.1) is 0 Å². The summed E-state index contributed by atoms with van der Waals surface area (Å²) < 4.78 is 1.51. The molecule has 1 aromatic carbocycles. The molecule has 0 aliphatic rings. The van der Waals surface area contributed by atoms with E-state index in [0.29, 0.717) is 11.4 Å². The summed E-state index contributed by atoms with van der Waals surface area (Å²) >= 11 is 0. The molecule has 0 amide bonds. The summed E-state index contributed by atoms with van der Waals surface area (Å²) in [5.41, 5.74) is 1.21. The molecule has 17 heavy (non-hydrogen) atoms. The van der Waals surface area contributed by atoms with Gasteiger partial charge in [0, 0.05) is 12.3 Å². The molecule has 0 radical (unpaired) electrons. The van der Waals surface area contributed by atoms with Crippen LogP contribution >= 0.6 is 0 Å². The van der Waals surface area contributed by atoms with Gasteiger partial charge in [-0.2, -0.15) is 5.10 Å². The Labute approximate surface area is 97.9 Å². The maximum Gasteiger partial charge on any atom is 0.312 e. The Balaban J connectivity index is 2.47. The van der Waals surface area contributed by atoms with Gasteiger partial charge in [0.15, 0.2) is 0 Å².